The monoisotopic (exact) mass is 278 g/mol. The van der Waals surface area contributed by atoms with E-state index >= 15 is 4.39 Å². The number of rotatable bonds is 0. The number of alkyl halides is 2. The summed E-state index contributed by atoms with van der Waals surface area (Å²) >= 11 is 6.45. The second-order valence-corrected chi connectivity index (χ2v) is 8.46. The highest BCUT2D eigenvalue weighted by molar-refractivity contribution is 6.23. The summed E-state index contributed by atoms with van der Waals surface area (Å²) < 4.78 is 15.3. The molecule has 0 aromatic carbocycles. The quantitative estimate of drug-likeness (QED) is 0.381. The van der Waals surface area contributed by atoms with Crippen LogP contribution in [0.5, 0.6) is 0 Å². The highest BCUT2D eigenvalue weighted by Gasteiger charge is 2.87. The molecule has 0 aromatic rings. The lowest BCUT2D eigenvalue weighted by molar-refractivity contribution is -0.261. The maximum absolute atomic E-state index is 15.3. The summed E-state index contributed by atoms with van der Waals surface area (Å²) in [4.78, 5) is 0. The predicted octanol–water partition coefficient (Wildman–Crippen LogP) is 2.22. The van der Waals surface area contributed by atoms with Crippen molar-refractivity contribution < 1.29 is 4.39 Å². The van der Waals surface area contributed by atoms with E-state index < -0.39 is 5.25 Å². The molecule has 0 spiro atoms. The van der Waals surface area contributed by atoms with Crippen LogP contribution in [0.15, 0.2) is 12.2 Å². The van der Waals surface area contributed by atoms with E-state index in [1.54, 1.807) is 0 Å². The van der Waals surface area contributed by atoms with E-state index in [9.17, 15) is 0 Å². The largest absolute Gasteiger partial charge is 0.256 e. The molecule has 0 aromatic heterocycles. The summed E-state index contributed by atoms with van der Waals surface area (Å²) in [5.41, 5.74) is 0. The molecule has 8 aliphatic rings. The van der Waals surface area contributed by atoms with Crippen LogP contribution in [0, 0.1) is 41.4 Å². The summed E-state index contributed by atoms with van der Waals surface area (Å²) in [5, 5.41) is 2.92. The van der Waals surface area contributed by atoms with Crippen LogP contribution in [0.3, 0.4) is 0 Å². The molecular weight excluding hydrogens is 263 g/mol. The fraction of sp³-hybridized carbons (Fsp3) is 0.867. The maximum atomic E-state index is 15.3. The van der Waals surface area contributed by atoms with Crippen LogP contribution in [-0.2, 0) is 0 Å². The molecule has 11 unspecified atom stereocenters. The normalized spacial score (nSPS) is 77.2. The Bertz CT molecular complexity index is 562. The maximum Gasteiger partial charge on any atom is 0.256 e. The molecule has 0 N–H and O–H groups in total. The van der Waals surface area contributed by atoms with Crippen molar-refractivity contribution in [3.05, 3.63) is 12.2 Å². The zero-order valence-electron chi connectivity index (χ0n) is 10.5. The Hall–Kier alpha value is -0.120. The third kappa shape index (κ3) is 0.673. The topological polar surface area (TPSA) is 6.48 Å². The van der Waals surface area contributed by atoms with Gasteiger partial charge in [-0.3, -0.25) is 0 Å². The number of hydrazine groups is 1. The van der Waals surface area contributed by atoms with Gasteiger partial charge in [0.25, 0.3) is 5.25 Å². The number of fused-ring (bicyclic) bond motifs is 2. The number of piperidine rings is 1. The van der Waals surface area contributed by atoms with Gasteiger partial charge in [0, 0.05) is 24.0 Å². The van der Waals surface area contributed by atoms with Crippen LogP contribution in [0.1, 0.15) is 12.8 Å². The summed E-state index contributed by atoms with van der Waals surface area (Å²) in [6.45, 7) is 0. The minimum atomic E-state index is -1.57. The van der Waals surface area contributed by atoms with Crippen LogP contribution in [0.25, 0.3) is 0 Å². The van der Waals surface area contributed by atoms with Crippen molar-refractivity contribution in [2.45, 2.75) is 36.2 Å². The average molecular weight is 279 g/mol. The zero-order chi connectivity index (χ0) is 12.3. The fourth-order valence-electron chi connectivity index (χ4n) is 8.07. The highest BCUT2D eigenvalue weighted by atomic mass is 35.5. The van der Waals surface area contributed by atoms with Crippen molar-refractivity contribution in [1.82, 2.24) is 10.0 Å². The van der Waals surface area contributed by atoms with Crippen molar-refractivity contribution in [3.63, 3.8) is 0 Å². The lowest BCUT2D eigenvalue weighted by atomic mass is 9.56. The summed E-state index contributed by atoms with van der Waals surface area (Å²) in [6, 6.07) is 1.43. The third-order valence-corrected chi connectivity index (χ3v) is 8.40. The first-order chi connectivity index (χ1) is 9.21. The van der Waals surface area contributed by atoms with E-state index in [0.717, 1.165) is 23.7 Å². The van der Waals surface area contributed by atoms with E-state index in [1.807, 2.05) is 5.01 Å². The van der Waals surface area contributed by atoms with Gasteiger partial charge in [0.1, 0.15) is 0 Å². The van der Waals surface area contributed by atoms with Crippen molar-refractivity contribution >= 4 is 11.6 Å². The number of hydrogen-bond acceptors (Lipinski definition) is 2. The third-order valence-electron chi connectivity index (χ3n) is 7.98. The first-order valence-electron chi connectivity index (χ1n) is 7.83. The fourth-order valence-corrected chi connectivity index (χ4v) is 8.56. The molecule has 6 bridgehead atoms. The van der Waals surface area contributed by atoms with Gasteiger partial charge in [0.2, 0.25) is 0 Å². The summed E-state index contributed by atoms with van der Waals surface area (Å²) in [5.74, 6) is 4.41. The molecule has 4 saturated heterocycles. The Kier molecular flexibility index (Phi) is 1.24. The molecular formula is C15H16ClFN2. The van der Waals surface area contributed by atoms with Crippen LogP contribution >= 0.6 is 11.6 Å². The predicted molar refractivity (Wildman–Crippen MR) is 67.5 cm³/mol. The van der Waals surface area contributed by atoms with Crippen LogP contribution in [0.4, 0.5) is 4.39 Å². The highest BCUT2D eigenvalue weighted by Crippen LogP contribution is 2.80. The number of nitrogens with zero attached hydrogens (tertiary/aromatic N) is 2. The lowest BCUT2D eigenvalue weighted by Crippen LogP contribution is -2.74. The summed E-state index contributed by atoms with van der Waals surface area (Å²) in [6.07, 6.45) is 7.21. The van der Waals surface area contributed by atoms with Gasteiger partial charge < -0.3 is 0 Å². The molecule has 0 amide bonds. The second-order valence-electron chi connectivity index (χ2n) is 7.93. The molecule has 100 valence electrons. The minimum absolute atomic E-state index is 0.101. The van der Waals surface area contributed by atoms with E-state index in [0.29, 0.717) is 30.0 Å². The molecule has 4 heterocycles. The van der Waals surface area contributed by atoms with Crippen molar-refractivity contribution in [2.24, 2.45) is 41.4 Å². The van der Waals surface area contributed by atoms with Gasteiger partial charge in [-0.15, -0.1) is 0 Å². The minimum Gasteiger partial charge on any atom is -0.230 e. The first kappa shape index (κ1) is 9.75. The SMILES string of the molecule is FC1(Cl)C2C3CC4C5C3C3C6C=CCC6C5N(C42)N31. The lowest BCUT2D eigenvalue weighted by Gasteiger charge is -2.63. The molecule has 4 heteroatoms. The molecule has 11 atom stereocenters. The molecule has 4 aliphatic carbocycles. The van der Waals surface area contributed by atoms with Gasteiger partial charge in [-0.1, -0.05) is 23.8 Å². The van der Waals surface area contributed by atoms with Crippen LogP contribution in [0.2, 0.25) is 0 Å². The van der Waals surface area contributed by atoms with E-state index in [-0.39, 0.29) is 5.92 Å². The smallest absolute Gasteiger partial charge is 0.230 e. The number of halogens is 2. The molecule has 2 nitrogen and oxygen atoms in total. The Morgan fingerprint density at radius 3 is 2.84 bits per heavy atom. The number of hydrogen-bond donors (Lipinski definition) is 0. The first-order valence-corrected chi connectivity index (χ1v) is 8.21. The molecule has 19 heavy (non-hydrogen) atoms. The average Bonchev–Trinajstić information content (AvgIpc) is 3.08. The van der Waals surface area contributed by atoms with Gasteiger partial charge in [-0.2, -0.15) is 5.01 Å². The van der Waals surface area contributed by atoms with Crippen molar-refractivity contribution in [1.29, 1.82) is 0 Å². The molecule has 4 aliphatic heterocycles. The Morgan fingerprint density at radius 2 is 1.95 bits per heavy atom. The standard InChI is InChI=1S/C15H16ClFN2/c16-15(17)11-7-4-8-10-9(7)13-6-3-1-2-5(6)12(10)18(14(8)11)19(13)15/h1,3,5-14H,2,4H2. The molecule has 0 radical (unpaired) electrons. The van der Waals surface area contributed by atoms with Crippen molar-refractivity contribution in [3.8, 4) is 0 Å². The van der Waals surface area contributed by atoms with Gasteiger partial charge in [0.15, 0.2) is 0 Å². The van der Waals surface area contributed by atoms with Crippen LogP contribution in [-0.4, -0.2) is 33.4 Å². The van der Waals surface area contributed by atoms with E-state index in [2.05, 4.69) is 17.2 Å². The van der Waals surface area contributed by atoms with Crippen molar-refractivity contribution in [2.75, 3.05) is 0 Å². The molecule has 8 rings (SSSR count). The van der Waals surface area contributed by atoms with E-state index in [1.165, 1.54) is 12.8 Å². The second kappa shape index (κ2) is 2.42. The number of allylic oxidation sites excluding steroid dienone is 1. The van der Waals surface area contributed by atoms with Crippen LogP contribution < -0.4 is 0 Å². The van der Waals surface area contributed by atoms with E-state index in [4.69, 9.17) is 11.6 Å². The van der Waals surface area contributed by atoms with Gasteiger partial charge in [-0.05, 0) is 48.3 Å². The Balaban J connectivity index is 1.58. The van der Waals surface area contributed by atoms with Gasteiger partial charge >= 0.3 is 0 Å². The van der Waals surface area contributed by atoms with Gasteiger partial charge in [-0.25, -0.2) is 9.40 Å². The Morgan fingerprint density at radius 1 is 1.11 bits per heavy atom. The Labute approximate surface area is 116 Å². The summed E-state index contributed by atoms with van der Waals surface area (Å²) in [7, 11) is 0. The molecule has 3 saturated carbocycles. The molecule has 7 fully saturated rings. The zero-order valence-corrected chi connectivity index (χ0v) is 11.2. The van der Waals surface area contributed by atoms with Gasteiger partial charge in [0.05, 0.1) is 0 Å².